The number of carbonyl (C=O) groups excluding carboxylic acids is 1. The molecular weight excluding hydrogens is 345 g/mol. The lowest BCUT2D eigenvalue weighted by Gasteiger charge is -2.28. The molecule has 1 aliphatic rings. The summed E-state index contributed by atoms with van der Waals surface area (Å²) in [5, 5.41) is 3.05. The Hall–Kier alpha value is -2.60. The summed E-state index contributed by atoms with van der Waals surface area (Å²) in [6.45, 7) is 2.63. The number of ether oxygens (including phenoxy) is 1. The summed E-state index contributed by atoms with van der Waals surface area (Å²) in [6, 6.07) is 11.7. The highest BCUT2D eigenvalue weighted by molar-refractivity contribution is 5.80. The van der Waals surface area contributed by atoms with E-state index in [1.807, 2.05) is 12.1 Å². The Bertz CT molecular complexity index is 771. The summed E-state index contributed by atoms with van der Waals surface area (Å²) >= 11 is 0. The second kappa shape index (κ2) is 8.86. The van der Waals surface area contributed by atoms with Crippen LogP contribution in [0.1, 0.15) is 12.8 Å². The Labute approximate surface area is 159 Å². The second-order valence-corrected chi connectivity index (χ2v) is 7.09. The van der Waals surface area contributed by atoms with Gasteiger partial charge in [0.05, 0.1) is 18.0 Å². The summed E-state index contributed by atoms with van der Waals surface area (Å²) in [5.41, 5.74) is 8.98. The normalized spacial score (nSPS) is 15.5. The van der Waals surface area contributed by atoms with E-state index in [9.17, 15) is 9.18 Å². The predicted octanol–water partition coefficient (Wildman–Crippen LogP) is 3.37. The molecule has 27 heavy (non-hydrogen) atoms. The molecule has 1 heterocycles. The van der Waals surface area contributed by atoms with Crippen LogP contribution in [0.4, 0.5) is 15.8 Å². The topological polar surface area (TPSA) is 67.6 Å². The summed E-state index contributed by atoms with van der Waals surface area (Å²) in [5.74, 6) is -0.127. The molecule has 0 amide bonds. The minimum atomic E-state index is -0.291. The van der Waals surface area contributed by atoms with Crippen molar-refractivity contribution in [3.8, 4) is 11.1 Å². The Morgan fingerprint density at radius 1 is 1.19 bits per heavy atom. The largest absolute Gasteiger partial charge is 0.464 e. The first kappa shape index (κ1) is 19.2. The zero-order valence-electron chi connectivity index (χ0n) is 15.6. The van der Waals surface area contributed by atoms with Crippen molar-refractivity contribution in [2.75, 3.05) is 44.3 Å². The van der Waals surface area contributed by atoms with Gasteiger partial charge >= 0.3 is 5.97 Å². The Morgan fingerprint density at radius 3 is 2.56 bits per heavy atom. The first-order valence-electron chi connectivity index (χ1n) is 9.25. The predicted molar refractivity (Wildman–Crippen MR) is 106 cm³/mol. The van der Waals surface area contributed by atoms with E-state index in [4.69, 9.17) is 10.5 Å². The fourth-order valence-electron chi connectivity index (χ4n) is 3.19. The number of nitrogens with zero attached hydrogens (tertiary/aromatic N) is 1. The van der Waals surface area contributed by atoms with E-state index in [0.717, 1.165) is 37.1 Å². The molecule has 0 atom stereocenters. The molecule has 1 saturated heterocycles. The number of nitrogen functional groups attached to an aromatic ring is 1. The Balaban J connectivity index is 1.53. The SMILES string of the molecule is CN1CCC(COC(=O)CNc2cc(-c3ccc(F)cc3)ccc2N)CC1. The second-order valence-electron chi connectivity index (χ2n) is 7.09. The van der Waals surface area contributed by atoms with Gasteiger partial charge in [0.15, 0.2) is 0 Å². The summed E-state index contributed by atoms with van der Waals surface area (Å²) < 4.78 is 18.5. The Kier molecular flexibility index (Phi) is 6.29. The van der Waals surface area contributed by atoms with Gasteiger partial charge in [0.2, 0.25) is 0 Å². The van der Waals surface area contributed by atoms with Gasteiger partial charge in [0.25, 0.3) is 0 Å². The smallest absolute Gasteiger partial charge is 0.325 e. The molecule has 3 N–H and O–H groups in total. The van der Waals surface area contributed by atoms with Gasteiger partial charge in [-0.05, 0) is 74.3 Å². The van der Waals surface area contributed by atoms with Crippen LogP contribution < -0.4 is 11.1 Å². The van der Waals surface area contributed by atoms with Crippen LogP contribution in [0.2, 0.25) is 0 Å². The standard InChI is InChI=1S/C21H26FN3O2/c1-25-10-8-15(9-11-25)14-27-21(26)13-24-20-12-17(4-7-19(20)23)16-2-5-18(22)6-3-16/h2-7,12,15,24H,8-11,13-14,23H2,1H3. The lowest BCUT2D eigenvalue weighted by molar-refractivity contribution is -0.143. The third-order valence-electron chi connectivity index (χ3n) is 4.97. The molecule has 1 fully saturated rings. The highest BCUT2D eigenvalue weighted by Gasteiger charge is 2.18. The zero-order chi connectivity index (χ0) is 19.2. The van der Waals surface area contributed by atoms with Crippen molar-refractivity contribution in [3.63, 3.8) is 0 Å². The van der Waals surface area contributed by atoms with E-state index in [1.54, 1.807) is 18.2 Å². The van der Waals surface area contributed by atoms with Gasteiger partial charge in [-0.2, -0.15) is 0 Å². The maximum absolute atomic E-state index is 13.1. The van der Waals surface area contributed by atoms with E-state index < -0.39 is 0 Å². The van der Waals surface area contributed by atoms with Gasteiger partial charge in [-0.15, -0.1) is 0 Å². The first-order chi connectivity index (χ1) is 13.0. The van der Waals surface area contributed by atoms with Crippen molar-refractivity contribution in [1.82, 2.24) is 4.90 Å². The molecule has 0 saturated carbocycles. The molecule has 0 spiro atoms. The van der Waals surface area contributed by atoms with E-state index in [1.165, 1.54) is 12.1 Å². The van der Waals surface area contributed by atoms with Crippen molar-refractivity contribution >= 4 is 17.3 Å². The van der Waals surface area contributed by atoms with Crippen LogP contribution in [0.15, 0.2) is 42.5 Å². The van der Waals surface area contributed by atoms with E-state index >= 15 is 0 Å². The number of anilines is 2. The van der Waals surface area contributed by atoms with Crippen LogP contribution in [-0.2, 0) is 9.53 Å². The molecular formula is C21H26FN3O2. The molecule has 0 radical (unpaired) electrons. The minimum Gasteiger partial charge on any atom is -0.464 e. The fraction of sp³-hybridized carbons (Fsp3) is 0.381. The van der Waals surface area contributed by atoms with Crippen LogP contribution in [0.25, 0.3) is 11.1 Å². The third kappa shape index (κ3) is 5.44. The number of hydrogen-bond donors (Lipinski definition) is 2. The highest BCUT2D eigenvalue weighted by atomic mass is 19.1. The van der Waals surface area contributed by atoms with Gasteiger partial charge in [0.1, 0.15) is 12.4 Å². The summed E-state index contributed by atoms with van der Waals surface area (Å²) in [7, 11) is 2.11. The van der Waals surface area contributed by atoms with Gasteiger partial charge in [0, 0.05) is 0 Å². The number of rotatable bonds is 6. The quantitative estimate of drug-likeness (QED) is 0.602. The lowest BCUT2D eigenvalue weighted by Crippen LogP contribution is -2.32. The molecule has 1 aliphatic heterocycles. The molecule has 144 valence electrons. The number of likely N-dealkylation sites (tertiary alicyclic amines) is 1. The van der Waals surface area contributed by atoms with Crippen LogP contribution >= 0.6 is 0 Å². The molecule has 2 aromatic carbocycles. The van der Waals surface area contributed by atoms with Crippen LogP contribution in [0.3, 0.4) is 0 Å². The zero-order valence-corrected chi connectivity index (χ0v) is 15.6. The number of piperidine rings is 1. The Morgan fingerprint density at radius 2 is 1.85 bits per heavy atom. The maximum Gasteiger partial charge on any atom is 0.325 e. The number of nitrogens with one attached hydrogen (secondary N) is 1. The average molecular weight is 371 g/mol. The van der Waals surface area contributed by atoms with Crippen LogP contribution in [0.5, 0.6) is 0 Å². The van der Waals surface area contributed by atoms with Crippen molar-refractivity contribution in [2.45, 2.75) is 12.8 Å². The maximum atomic E-state index is 13.1. The molecule has 0 aromatic heterocycles. The molecule has 5 nitrogen and oxygen atoms in total. The van der Waals surface area contributed by atoms with E-state index in [0.29, 0.717) is 23.9 Å². The van der Waals surface area contributed by atoms with Crippen molar-refractivity contribution in [1.29, 1.82) is 0 Å². The molecule has 0 unspecified atom stereocenters. The van der Waals surface area contributed by atoms with Gasteiger partial charge in [-0.3, -0.25) is 4.79 Å². The minimum absolute atomic E-state index is 0.0592. The number of nitrogens with two attached hydrogens (primary N) is 1. The molecule has 0 bridgehead atoms. The fourth-order valence-corrected chi connectivity index (χ4v) is 3.19. The van der Waals surface area contributed by atoms with Crippen LogP contribution in [-0.4, -0.2) is 44.2 Å². The van der Waals surface area contributed by atoms with Gasteiger partial charge < -0.3 is 20.7 Å². The molecule has 2 aromatic rings. The summed E-state index contributed by atoms with van der Waals surface area (Å²) in [6.07, 6.45) is 2.12. The van der Waals surface area contributed by atoms with Gasteiger partial charge in [-0.25, -0.2) is 4.39 Å². The lowest BCUT2D eigenvalue weighted by atomic mass is 9.98. The van der Waals surface area contributed by atoms with E-state index in [2.05, 4.69) is 17.3 Å². The van der Waals surface area contributed by atoms with E-state index in [-0.39, 0.29) is 18.3 Å². The number of halogens is 1. The monoisotopic (exact) mass is 371 g/mol. The summed E-state index contributed by atoms with van der Waals surface area (Å²) in [4.78, 5) is 14.3. The average Bonchev–Trinajstić information content (AvgIpc) is 2.67. The van der Waals surface area contributed by atoms with Crippen molar-refractivity contribution < 1.29 is 13.9 Å². The van der Waals surface area contributed by atoms with Crippen molar-refractivity contribution in [3.05, 3.63) is 48.3 Å². The number of hydrogen-bond acceptors (Lipinski definition) is 5. The number of benzene rings is 2. The highest BCUT2D eigenvalue weighted by Crippen LogP contribution is 2.27. The van der Waals surface area contributed by atoms with Gasteiger partial charge in [-0.1, -0.05) is 18.2 Å². The van der Waals surface area contributed by atoms with Crippen LogP contribution in [0, 0.1) is 11.7 Å². The molecule has 0 aliphatic carbocycles. The third-order valence-corrected chi connectivity index (χ3v) is 4.97. The first-order valence-corrected chi connectivity index (χ1v) is 9.25. The number of esters is 1. The van der Waals surface area contributed by atoms with Crippen molar-refractivity contribution in [2.24, 2.45) is 5.92 Å². The molecule has 3 rings (SSSR count). The molecule has 6 heteroatoms. The number of carbonyl (C=O) groups is 1.